The molecule has 3 aromatic rings. The second-order valence-corrected chi connectivity index (χ2v) is 6.70. The summed E-state index contributed by atoms with van der Waals surface area (Å²) in [5, 5.41) is 26.5. The van der Waals surface area contributed by atoms with Crippen LogP contribution in [0.15, 0.2) is 86.0 Å². The third-order valence-electron chi connectivity index (χ3n) is 4.23. The first kappa shape index (κ1) is 31.6. The number of aromatic hydroxyl groups is 2. The molecule has 3 aromatic carbocycles. The highest BCUT2D eigenvalue weighted by atomic mass is 16.8. The van der Waals surface area contributed by atoms with Crippen LogP contribution in [0.4, 0.5) is 4.79 Å². The van der Waals surface area contributed by atoms with Gasteiger partial charge in [-0.25, -0.2) is 4.79 Å². The molecular weight excluding hydrogens is 486 g/mol. The monoisotopic (exact) mass is 519 g/mol. The zero-order chi connectivity index (χ0) is 29.3. The molecule has 0 atom stereocenters. The van der Waals surface area contributed by atoms with Gasteiger partial charge in [-0.2, -0.15) is 0 Å². The predicted octanol–water partition coefficient (Wildman–Crippen LogP) is 4.06. The van der Waals surface area contributed by atoms with Crippen LogP contribution in [-0.4, -0.2) is 71.0 Å². The van der Waals surface area contributed by atoms with Crippen molar-refractivity contribution in [2.75, 3.05) is 26.4 Å². The molecule has 0 amide bonds. The number of aldehydes is 1. The van der Waals surface area contributed by atoms with Gasteiger partial charge in [0, 0.05) is 26.6 Å². The number of carbonyl (C=O) groups is 2. The van der Waals surface area contributed by atoms with E-state index in [0.29, 0.717) is 31.7 Å². The number of phenols is 2. The van der Waals surface area contributed by atoms with Gasteiger partial charge in [0.1, 0.15) is 37.1 Å². The van der Waals surface area contributed by atoms with E-state index in [9.17, 15) is 9.59 Å². The number of ether oxygens (including phenoxy) is 3. The van der Waals surface area contributed by atoms with E-state index in [2.05, 4.69) is 30.4 Å². The molecule has 38 heavy (non-hydrogen) atoms. The summed E-state index contributed by atoms with van der Waals surface area (Å²) >= 11 is 0. The number of benzene rings is 3. The fourth-order valence-corrected chi connectivity index (χ4v) is 2.48. The van der Waals surface area contributed by atoms with E-state index in [1.165, 1.54) is 6.07 Å². The van der Waals surface area contributed by atoms with Crippen LogP contribution in [0, 0.1) is 0 Å². The van der Waals surface area contributed by atoms with E-state index < -0.39 is 6.16 Å². The molecule has 0 saturated carbocycles. The topological polar surface area (TPSA) is 123 Å². The molecule has 1 aliphatic rings. The van der Waals surface area contributed by atoms with Crippen LogP contribution in [0.3, 0.4) is 0 Å². The molecule has 1 saturated heterocycles. The number of hydrogen-bond donors (Lipinski definition) is 3. The van der Waals surface area contributed by atoms with Gasteiger partial charge < -0.3 is 29.5 Å². The van der Waals surface area contributed by atoms with E-state index in [0.717, 1.165) is 24.6 Å². The maximum absolute atomic E-state index is 10.1. The number of aliphatic hydroxyl groups excluding tert-OH is 1. The van der Waals surface area contributed by atoms with E-state index >= 15 is 0 Å². The molecule has 3 N–H and O–H groups in total. The highest BCUT2D eigenvalue weighted by Gasteiger charge is 2.09. The van der Waals surface area contributed by atoms with Crippen molar-refractivity contribution in [1.82, 2.24) is 0 Å². The fraction of sp³-hybridized carbons (Fsp3) is 0.143. The lowest BCUT2D eigenvalue weighted by Gasteiger charge is -2.06. The summed E-state index contributed by atoms with van der Waals surface area (Å²) in [5.41, 5.74) is 2.06. The fourth-order valence-electron chi connectivity index (χ4n) is 2.48. The van der Waals surface area contributed by atoms with Crippen LogP contribution in [0.25, 0.3) is 12.2 Å². The van der Waals surface area contributed by atoms with Crippen molar-refractivity contribution in [3.8, 4) is 17.2 Å². The zero-order valence-electron chi connectivity index (χ0n) is 21.9. The molecule has 1 fully saturated rings. The third kappa shape index (κ3) is 14.2. The van der Waals surface area contributed by atoms with E-state index in [-0.39, 0.29) is 18.1 Å². The van der Waals surface area contributed by atoms with Crippen LogP contribution in [0.1, 0.15) is 21.5 Å². The number of phenolic OH excluding ortho intramolecular Hbond substituents is 2. The molecule has 3 radical (unpaired) electrons. The van der Waals surface area contributed by atoms with Gasteiger partial charge in [0.2, 0.25) is 0 Å². The van der Waals surface area contributed by atoms with Crippen molar-refractivity contribution in [2.45, 2.75) is 0 Å². The first-order valence-corrected chi connectivity index (χ1v) is 11.2. The SMILES string of the molecule is C=Cc1ccccc1O.C=Cc1ccccc1OCCO.O=C1OCCO1.O=Cc1ccccc1O.[3H][B][B]. The van der Waals surface area contributed by atoms with Crippen LogP contribution in [-0.2, 0) is 9.47 Å². The summed E-state index contributed by atoms with van der Waals surface area (Å²) < 4.78 is 19.7. The van der Waals surface area contributed by atoms with E-state index in [1.807, 2.05) is 36.4 Å². The Bertz CT molecular complexity index is 1070. The Labute approximate surface area is 227 Å². The maximum Gasteiger partial charge on any atom is 0.508 e. The lowest BCUT2D eigenvalue weighted by atomic mass is 9.81. The second kappa shape index (κ2) is 21.8. The van der Waals surface area contributed by atoms with Gasteiger partial charge in [0.25, 0.3) is 0 Å². The predicted molar refractivity (Wildman–Crippen MR) is 151 cm³/mol. The summed E-state index contributed by atoms with van der Waals surface area (Å²) in [6, 6.07) is 21.1. The molecule has 1 aliphatic heterocycles. The Morgan fingerprint density at radius 1 is 0.895 bits per heavy atom. The highest BCUT2D eigenvalue weighted by Crippen LogP contribution is 2.18. The Kier molecular flexibility index (Phi) is 18.1. The Morgan fingerprint density at radius 2 is 1.34 bits per heavy atom. The number of hydrogen-bond acceptors (Lipinski definition) is 8. The lowest BCUT2D eigenvalue weighted by molar-refractivity contribution is 0.112. The summed E-state index contributed by atoms with van der Waals surface area (Å²) in [6.07, 6.45) is 3.42. The second-order valence-electron chi connectivity index (χ2n) is 6.70. The molecule has 0 aromatic heterocycles. The van der Waals surface area contributed by atoms with Gasteiger partial charge in [-0.15, -0.1) is 0 Å². The van der Waals surface area contributed by atoms with Crippen LogP contribution >= 0.6 is 0 Å². The van der Waals surface area contributed by atoms with Crippen molar-refractivity contribution < 1.29 is 39.1 Å². The minimum Gasteiger partial charge on any atom is -0.507 e. The molecule has 197 valence electrons. The standard InChI is InChI=1S/C10H12O2.C8H8O.C7H6O2.C3H4O3.B2H/c1-2-9-5-3-4-6-10(9)12-8-7-11;1-2-7-5-3-4-6-8(7)9;8-5-6-3-1-2-4-7(6)9;4-3-5-1-2-6-3;1-2/h2-6,11H,1,7-8H2;2-6,9H,1H2;1-5,9H;1-2H2;1H/i;;;;1T. The molecule has 8 nitrogen and oxygen atoms in total. The average molecular weight is 519 g/mol. The molecule has 0 aliphatic carbocycles. The van der Waals surface area contributed by atoms with Crippen LogP contribution in [0.2, 0.25) is 0 Å². The molecule has 1 heterocycles. The molecule has 4 rings (SSSR count). The van der Waals surface area contributed by atoms with E-state index in [4.69, 9.17) is 21.4 Å². The first-order valence-electron chi connectivity index (χ1n) is 11.8. The lowest BCUT2D eigenvalue weighted by Crippen LogP contribution is -2.02. The third-order valence-corrected chi connectivity index (χ3v) is 4.23. The van der Waals surface area contributed by atoms with Crippen LogP contribution < -0.4 is 4.74 Å². The zero-order valence-corrected chi connectivity index (χ0v) is 20.9. The molecule has 0 unspecified atom stereocenters. The van der Waals surface area contributed by atoms with Gasteiger partial charge in [-0.1, -0.05) is 73.8 Å². The van der Waals surface area contributed by atoms with Gasteiger partial charge in [0.15, 0.2) is 6.29 Å². The van der Waals surface area contributed by atoms with Gasteiger partial charge in [-0.05, 0) is 25.6 Å². The first-order chi connectivity index (χ1) is 18.9. The normalized spacial score (nSPS) is 10.7. The summed E-state index contributed by atoms with van der Waals surface area (Å²) in [6.45, 7) is 8.38. The summed E-state index contributed by atoms with van der Waals surface area (Å²) in [4.78, 5) is 19.9. The smallest absolute Gasteiger partial charge is 0.507 e. The number of para-hydroxylation sites is 3. The molecule has 0 spiro atoms. The van der Waals surface area contributed by atoms with Gasteiger partial charge >= 0.3 is 6.16 Å². The van der Waals surface area contributed by atoms with Crippen molar-refractivity contribution in [2.24, 2.45) is 0 Å². The quantitative estimate of drug-likeness (QED) is 0.253. The molecular formula is C28H31B2O8. The maximum atomic E-state index is 10.1. The van der Waals surface area contributed by atoms with Gasteiger partial charge in [0.05, 0.1) is 12.2 Å². The number of aliphatic hydroxyl groups is 1. The Hall–Kier alpha value is -4.43. The molecule has 10 heteroatoms. The van der Waals surface area contributed by atoms with Crippen molar-refractivity contribution in [3.05, 3.63) is 103 Å². The highest BCUT2D eigenvalue weighted by molar-refractivity contribution is 6.75. The largest absolute Gasteiger partial charge is 0.508 e. The number of carbonyl (C=O) groups excluding carboxylic acids is 2. The Morgan fingerprint density at radius 3 is 1.68 bits per heavy atom. The Balaban J connectivity index is 0.000000487. The number of cyclic esters (lactones) is 2. The van der Waals surface area contributed by atoms with E-state index in [1.54, 1.807) is 42.5 Å². The van der Waals surface area contributed by atoms with Crippen LogP contribution in [0.5, 0.6) is 17.2 Å². The number of rotatable bonds is 6. The molecule has 0 bridgehead atoms. The summed E-state index contributed by atoms with van der Waals surface area (Å²) in [5.74, 6) is 1.08. The average Bonchev–Trinajstić information content (AvgIpc) is 3.45. The van der Waals surface area contributed by atoms with Gasteiger partial charge in [-0.3, -0.25) is 4.79 Å². The minimum absolute atomic E-state index is 0.0332. The van der Waals surface area contributed by atoms with Crippen molar-refractivity contribution >= 4 is 40.0 Å². The van der Waals surface area contributed by atoms with Crippen molar-refractivity contribution in [3.63, 3.8) is 0 Å². The summed E-state index contributed by atoms with van der Waals surface area (Å²) in [7, 11) is 5.14. The van der Waals surface area contributed by atoms with Crippen molar-refractivity contribution in [1.29, 1.82) is 1.34 Å². The minimum atomic E-state index is -0.546.